The average molecular weight is 383 g/mol. The van der Waals surface area contributed by atoms with Gasteiger partial charge in [-0.05, 0) is 45.0 Å². The maximum atomic E-state index is 12.6. The molecule has 8 nitrogen and oxygen atoms in total. The summed E-state index contributed by atoms with van der Waals surface area (Å²) in [6.07, 6.45) is 1.48. The van der Waals surface area contributed by atoms with Gasteiger partial charge in [-0.3, -0.25) is 14.2 Å². The van der Waals surface area contributed by atoms with Gasteiger partial charge in [0.25, 0.3) is 5.56 Å². The van der Waals surface area contributed by atoms with Crippen LogP contribution in [-0.2, 0) is 16.1 Å². The molecule has 3 rings (SSSR count). The van der Waals surface area contributed by atoms with E-state index in [1.807, 2.05) is 0 Å². The van der Waals surface area contributed by atoms with Gasteiger partial charge in [0.1, 0.15) is 17.5 Å². The van der Waals surface area contributed by atoms with Gasteiger partial charge in [-0.1, -0.05) is 0 Å². The Balaban J connectivity index is 1.64. The fourth-order valence-corrected chi connectivity index (χ4v) is 2.78. The summed E-state index contributed by atoms with van der Waals surface area (Å²) in [5.41, 5.74) is 1.80. The molecule has 0 saturated heterocycles. The molecule has 0 aliphatic heterocycles. The summed E-state index contributed by atoms with van der Waals surface area (Å²) in [7, 11) is 0. The number of benzene rings is 1. The number of amides is 1. The van der Waals surface area contributed by atoms with Crippen molar-refractivity contribution in [2.75, 3.05) is 11.9 Å². The zero-order chi connectivity index (χ0) is 20.3. The number of carbonyl (C=O) groups excluding carboxylic acids is 2. The molecule has 0 aliphatic carbocycles. The smallest absolute Gasteiger partial charge is 0.338 e. The lowest BCUT2D eigenvalue weighted by Crippen LogP contribution is -2.23. The third-order valence-corrected chi connectivity index (χ3v) is 4.42. The van der Waals surface area contributed by atoms with Crippen molar-refractivity contribution in [2.24, 2.45) is 0 Å². The highest BCUT2D eigenvalue weighted by atomic mass is 16.5. The van der Waals surface area contributed by atoms with Crippen LogP contribution in [0.3, 0.4) is 0 Å². The van der Waals surface area contributed by atoms with E-state index in [4.69, 9.17) is 9.15 Å². The predicted octanol–water partition coefficient (Wildman–Crippen LogP) is 2.81. The van der Waals surface area contributed by atoms with Crippen LogP contribution in [0.5, 0.6) is 0 Å². The number of aryl methyl sites for hydroxylation is 3. The second-order valence-corrected chi connectivity index (χ2v) is 6.30. The Morgan fingerprint density at radius 3 is 2.61 bits per heavy atom. The van der Waals surface area contributed by atoms with E-state index in [-0.39, 0.29) is 24.4 Å². The third-order valence-electron chi connectivity index (χ3n) is 4.42. The van der Waals surface area contributed by atoms with Gasteiger partial charge in [-0.25, -0.2) is 9.78 Å². The monoisotopic (exact) mass is 383 g/mol. The summed E-state index contributed by atoms with van der Waals surface area (Å²) in [5.74, 6) is -0.00948. The van der Waals surface area contributed by atoms with Gasteiger partial charge in [0.05, 0.1) is 12.2 Å². The van der Waals surface area contributed by atoms with Crippen molar-refractivity contribution in [3.05, 3.63) is 57.8 Å². The fourth-order valence-electron chi connectivity index (χ4n) is 2.78. The van der Waals surface area contributed by atoms with Crippen LogP contribution < -0.4 is 10.9 Å². The Bertz CT molecular complexity index is 1080. The van der Waals surface area contributed by atoms with Crippen molar-refractivity contribution in [3.8, 4) is 0 Å². The minimum absolute atomic E-state index is 0.0998. The number of nitrogens with one attached hydrogen (secondary N) is 1. The highest BCUT2D eigenvalue weighted by molar-refractivity contribution is 5.93. The molecule has 2 heterocycles. The summed E-state index contributed by atoms with van der Waals surface area (Å²) in [4.78, 5) is 40.6. The van der Waals surface area contributed by atoms with Crippen LogP contribution in [-0.4, -0.2) is 28.0 Å². The normalized spacial score (nSPS) is 10.8. The molecule has 0 saturated carbocycles. The Hall–Kier alpha value is -3.42. The van der Waals surface area contributed by atoms with Crippen molar-refractivity contribution >= 4 is 28.7 Å². The van der Waals surface area contributed by atoms with E-state index in [0.717, 1.165) is 5.56 Å². The number of hydrogen-bond acceptors (Lipinski definition) is 6. The van der Waals surface area contributed by atoms with Crippen molar-refractivity contribution in [3.63, 3.8) is 0 Å². The fraction of sp³-hybridized carbons (Fsp3) is 0.300. The second-order valence-electron chi connectivity index (χ2n) is 6.30. The van der Waals surface area contributed by atoms with Gasteiger partial charge in [0.2, 0.25) is 11.6 Å². The van der Waals surface area contributed by atoms with Gasteiger partial charge in [0.15, 0.2) is 0 Å². The van der Waals surface area contributed by atoms with E-state index >= 15 is 0 Å². The SMILES string of the molecule is CCOC(=O)c1ccc(NC(=O)CCn2cnc3oc(C)c(C)c3c2=O)cc1. The second kappa shape index (κ2) is 8.08. The lowest BCUT2D eigenvalue weighted by Gasteiger charge is -2.08. The Kier molecular flexibility index (Phi) is 5.58. The number of esters is 1. The van der Waals surface area contributed by atoms with Crippen molar-refractivity contribution in [1.29, 1.82) is 0 Å². The number of fused-ring (bicyclic) bond motifs is 1. The van der Waals surface area contributed by atoms with Crippen LogP contribution in [0.2, 0.25) is 0 Å². The number of anilines is 1. The first-order chi connectivity index (χ1) is 13.4. The molecule has 1 aromatic carbocycles. The number of hydrogen-bond donors (Lipinski definition) is 1. The quantitative estimate of drug-likeness (QED) is 0.657. The molecule has 146 valence electrons. The minimum Gasteiger partial charge on any atom is -0.462 e. The summed E-state index contributed by atoms with van der Waals surface area (Å²) in [5, 5.41) is 3.18. The molecule has 0 aliphatic rings. The molecule has 0 atom stereocenters. The van der Waals surface area contributed by atoms with E-state index in [0.29, 0.717) is 34.7 Å². The molecule has 8 heteroatoms. The molecule has 0 unspecified atom stereocenters. The third kappa shape index (κ3) is 3.95. The standard InChI is InChI=1S/C20H21N3O5/c1-4-27-20(26)14-5-7-15(8-6-14)22-16(24)9-10-23-11-21-18-17(19(23)25)12(2)13(3)28-18/h5-8,11H,4,9-10H2,1-3H3,(H,22,24). The zero-order valence-corrected chi connectivity index (χ0v) is 15.9. The number of ether oxygens (including phenoxy) is 1. The van der Waals surface area contributed by atoms with E-state index in [1.165, 1.54) is 10.9 Å². The molecule has 2 aromatic heterocycles. The number of nitrogens with zero attached hydrogens (tertiary/aromatic N) is 2. The van der Waals surface area contributed by atoms with Gasteiger partial charge < -0.3 is 14.5 Å². The number of aromatic nitrogens is 2. The molecule has 0 bridgehead atoms. The lowest BCUT2D eigenvalue weighted by atomic mass is 10.2. The molecule has 3 aromatic rings. The van der Waals surface area contributed by atoms with Crippen LogP contribution in [0, 0.1) is 13.8 Å². The van der Waals surface area contributed by atoms with E-state index in [9.17, 15) is 14.4 Å². The summed E-state index contributed by atoms with van der Waals surface area (Å²) in [6.45, 7) is 5.82. The minimum atomic E-state index is -0.410. The highest BCUT2D eigenvalue weighted by Crippen LogP contribution is 2.19. The average Bonchev–Trinajstić information content (AvgIpc) is 2.96. The van der Waals surface area contributed by atoms with Crippen LogP contribution in [0.25, 0.3) is 11.1 Å². The highest BCUT2D eigenvalue weighted by Gasteiger charge is 2.14. The molecule has 0 fully saturated rings. The molecule has 0 radical (unpaired) electrons. The van der Waals surface area contributed by atoms with E-state index in [2.05, 4.69) is 10.3 Å². The maximum absolute atomic E-state index is 12.6. The molecular weight excluding hydrogens is 362 g/mol. The summed E-state index contributed by atoms with van der Waals surface area (Å²) in [6, 6.07) is 6.42. The molecular formula is C20H21N3O5. The van der Waals surface area contributed by atoms with Crippen LogP contribution in [0.15, 0.2) is 39.8 Å². The zero-order valence-electron chi connectivity index (χ0n) is 15.9. The first-order valence-corrected chi connectivity index (χ1v) is 8.93. The number of carbonyl (C=O) groups is 2. The van der Waals surface area contributed by atoms with E-state index in [1.54, 1.807) is 45.0 Å². The van der Waals surface area contributed by atoms with Crippen LogP contribution in [0.1, 0.15) is 35.0 Å². The van der Waals surface area contributed by atoms with Crippen molar-refractivity contribution < 1.29 is 18.7 Å². The van der Waals surface area contributed by atoms with Crippen molar-refractivity contribution in [2.45, 2.75) is 33.7 Å². The topological polar surface area (TPSA) is 103 Å². The maximum Gasteiger partial charge on any atom is 0.338 e. The first-order valence-electron chi connectivity index (χ1n) is 8.93. The Morgan fingerprint density at radius 2 is 1.93 bits per heavy atom. The lowest BCUT2D eigenvalue weighted by molar-refractivity contribution is -0.116. The van der Waals surface area contributed by atoms with Gasteiger partial charge in [0, 0.05) is 24.2 Å². The molecule has 0 spiro atoms. The van der Waals surface area contributed by atoms with Gasteiger partial charge in [-0.2, -0.15) is 0 Å². The number of rotatable bonds is 6. The number of furan rings is 1. The summed E-state index contributed by atoms with van der Waals surface area (Å²) < 4.78 is 11.8. The van der Waals surface area contributed by atoms with E-state index < -0.39 is 5.97 Å². The first kappa shape index (κ1) is 19.3. The van der Waals surface area contributed by atoms with Crippen LogP contribution in [0.4, 0.5) is 5.69 Å². The Morgan fingerprint density at radius 1 is 1.21 bits per heavy atom. The van der Waals surface area contributed by atoms with Crippen molar-refractivity contribution in [1.82, 2.24) is 9.55 Å². The summed E-state index contributed by atoms with van der Waals surface area (Å²) >= 11 is 0. The molecule has 28 heavy (non-hydrogen) atoms. The van der Waals surface area contributed by atoms with Gasteiger partial charge in [-0.15, -0.1) is 0 Å². The van der Waals surface area contributed by atoms with Gasteiger partial charge >= 0.3 is 5.97 Å². The van der Waals surface area contributed by atoms with Crippen LogP contribution >= 0.6 is 0 Å². The molecule has 1 N–H and O–H groups in total. The Labute approximate surface area is 161 Å². The predicted molar refractivity (Wildman–Crippen MR) is 103 cm³/mol. The molecule has 1 amide bonds. The largest absolute Gasteiger partial charge is 0.462 e.